The van der Waals surface area contributed by atoms with Crippen LogP contribution in [0.15, 0.2) is 40.9 Å². The van der Waals surface area contributed by atoms with Gasteiger partial charge in [0.15, 0.2) is 0 Å². The largest absolute Gasteiger partial charge is 0.487 e. The molecule has 6 heteroatoms. The van der Waals surface area contributed by atoms with Crippen LogP contribution >= 0.6 is 15.9 Å². The predicted octanol–water partition coefficient (Wildman–Crippen LogP) is 3.45. The predicted molar refractivity (Wildman–Crippen MR) is 76.2 cm³/mol. The summed E-state index contributed by atoms with van der Waals surface area (Å²) in [6.45, 7) is -0.0353. The molecule has 104 valence electrons. The molecule has 3 N–H and O–H groups in total. The van der Waals surface area contributed by atoms with Gasteiger partial charge in [0, 0.05) is 10.0 Å². The first kappa shape index (κ1) is 14.3. The Bertz CT molecular complexity index is 661. The Hall–Kier alpha value is -2.08. The Morgan fingerprint density at radius 2 is 2.05 bits per heavy atom. The summed E-state index contributed by atoms with van der Waals surface area (Å²) >= 11 is 3.16. The van der Waals surface area contributed by atoms with Gasteiger partial charge in [-0.15, -0.1) is 0 Å². The van der Waals surface area contributed by atoms with Crippen molar-refractivity contribution in [2.75, 3.05) is 5.73 Å². The maximum atomic E-state index is 13.6. The van der Waals surface area contributed by atoms with Gasteiger partial charge < -0.3 is 15.6 Å². The zero-order valence-electron chi connectivity index (χ0n) is 10.3. The van der Waals surface area contributed by atoms with Crippen molar-refractivity contribution < 1.29 is 19.0 Å². The van der Waals surface area contributed by atoms with Crippen LogP contribution in [0, 0.1) is 5.82 Å². The highest BCUT2D eigenvalue weighted by atomic mass is 79.9. The van der Waals surface area contributed by atoms with E-state index in [4.69, 9.17) is 15.6 Å². The Balaban J connectivity index is 2.18. The van der Waals surface area contributed by atoms with Crippen molar-refractivity contribution in [3.05, 3.63) is 57.8 Å². The van der Waals surface area contributed by atoms with Crippen LogP contribution in [0.5, 0.6) is 5.75 Å². The van der Waals surface area contributed by atoms with Crippen molar-refractivity contribution in [1.82, 2.24) is 0 Å². The molecule has 0 atom stereocenters. The average molecular weight is 340 g/mol. The summed E-state index contributed by atoms with van der Waals surface area (Å²) in [6.07, 6.45) is 0. The summed E-state index contributed by atoms with van der Waals surface area (Å²) in [6, 6.07) is 8.74. The lowest BCUT2D eigenvalue weighted by Gasteiger charge is -2.10. The summed E-state index contributed by atoms with van der Waals surface area (Å²) in [5, 5.41) is 8.90. The molecular formula is C14H11BrFNO3. The number of halogens is 2. The number of ether oxygens (including phenoxy) is 1. The third kappa shape index (κ3) is 3.27. The molecule has 0 aliphatic heterocycles. The molecule has 0 radical (unpaired) electrons. The normalized spacial score (nSPS) is 10.3. The topological polar surface area (TPSA) is 72.6 Å². The molecule has 4 nitrogen and oxygen atoms in total. The fraction of sp³-hybridized carbons (Fsp3) is 0.0714. The Morgan fingerprint density at radius 3 is 2.70 bits per heavy atom. The highest BCUT2D eigenvalue weighted by molar-refractivity contribution is 9.10. The quantitative estimate of drug-likeness (QED) is 0.837. The lowest BCUT2D eigenvalue weighted by molar-refractivity contribution is 0.0696. The number of carboxylic acids is 1. The summed E-state index contributed by atoms with van der Waals surface area (Å²) in [5.41, 5.74) is 6.41. The Morgan fingerprint density at radius 1 is 1.30 bits per heavy atom. The number of hydrogen-bond donors (Lipinski definition) is 2. The first-order valence-corrected chi connectivity index (χ1v) is 6.46. The molecule has 0 saturated carbocycles. The van der Waals surface area contributed by atoms with Crippen LogP contribution in [-0.4, -0.2) is 11.1 Å². The van der Waals surface area contributed by atoms with Crippen molar-refractivity contribution >= 4 is 27.6 Å². The van der Waals surface area contributed by atoms with Gasteiger partial charge in [-0.1, -0.05) is 22.0 Å². The standard InChI is InChI=1S/C14H11BrFNO3/c15-10-3-1-9(11(16)6-10)7-20-13-5-8(14(18)19)2-4-12(13)17/h1-6H,7,17H2,(H,18,19). The molecule has 2 rings (SSSR count). The van der Waals surface area contributed by atoms with Gasteiger partial charge in [-0.05, 0) is 30.3 Å². The summed E-state index contributed by atoms with van der Waals surface area (Å²) in [7, 11) is 0. The fourth-order valence-corrected chi connectivity index (χ4v) is 1.92. The number of benzene rings is 2. The minimum absolute atomic E-state index is 0.0353. The van der Waals surface area contributed by atoms with Crippen LogP contribution < -0.4 is 10.5 Å². The highest BCUT2D eigenvalue weighted by Gasteiger charge is 2.09. The van der Waals surface area contributed by atoms with E-state index in [1.54, 1.807) is 12.1 Å². The van der Waals surface area contributed by atoms with Crippen molar-refractivity contribution in [1.29, 1.82) is 0 Å². The molecule has 0 amide bonds. The smallest absolute Gasteiger partial charge is 0.335 e. The van der Waals surface area contributed by atoms with E-state index in [-0.39, 0.29) is 17.9 Å². The maximum Gasteiger partial charge on any atom is 0.335 e. The average Bonchev–Trinajstić information content (AvgIpc) is 2.39. The maximum absolute atomic E-state index is 13.6. The summed E-state index contributed by atoms with van der Waals surface area (Å²) in [5.74, 6) is -1.27. The molecule has 0 heterocycles. The van der Waals surface area contributed by atoms with E-state index in [9.17, 15) is 9.18 Å². The molecule has 0 saturated heterocycles. The van der Waals surface area contributed by atoms with E-state index in [1.807, 2.05) is 0 Å². The van der Waals surface area contributed by atoms with Gasteiger partial charge in [0.25, 0.3) is 0 Å². The van der Waals surface area contributed by atoms with Crippen LogP contribution in [0.4, 0.5) is 10.1 Å². The van der Waals surface area contributed by atoms with Gasteiger partial charge in [-0.25, -0.2) is 9.18 Å². The molecule has 2 aromatic carbocycles. The van der Waals surface area contributed by atoms with Crippen LogP contribution in [0.2, 0.25) is 0 Å². The second-order valence-corrected chi connectivity index (χ2v) is 5.00. The van der Waals surface area contributed by atoms with E-state index < -0.39 is 11.8 Å². The summed E-state index contributed by atoms with van der Waals surface area (Å²) in [4.78, 5) is 10.9. The number of carbonyl (C=O) groups is 1. The second-order valence-electron chi connectivity index (χ2n) is 4.08. The van der Waals surface area contributed by atoms with Crippen molar-refractivity contribution in [2.45, 2.75) is 6.61 Å². The molecule has 0 aliphatic carbocycles. The first-order valence-electron chi connectivity index (χ1n) is 5.67. The lowest BCUT2D eigenvalue weighted by atomic mass is 10.2. The summed E-state index contributed by atoms with van der Waals surface area (Å²) < 4.78 is 19.6. The highest BCUT2D eigenvalue weighted by Crippen LogP contribution is 2.25. The number of hydrogen-bond acceptors (Lipinski definition) is 3. The number of nitrogen functional groups attached to an aromatic ring is 1. The van der Waals surface area contributed by atoms with Gasteiger partial charge in [0.1, 0.15) is 18.2 Å². The van der Waals surface area contributed by atoms with Crippen molar-refractivity contribution in [3.63, 3.8) is 0 Å². The third-order valence-corrected chi connectivity index (χ3v) is 3.15. The molecular weight excluding hydrogens is 329 g/mol. The van der Waals surface area contributed by atoms with Gasteiger partial charge in [0.2, 0.25) is 0 Å². The molecule has 0 aliphatic rings. The monoisotopic (exact) mass is 339 g/mol. The minimum Gasteiger partial charge on any atom is -0.487 e. The van der Waals surface area contributed by atoms with E-state index in [0.717, 1.165) is 0 Å². The van der Waals surface area contributed by atoms with Gasteiger partial charge in [-0.3, -0.25) is 0 Å². The van der Waals surface area contributed by atoms with Gasteiger partial charge in [0.05, 0.1) is 11.3 Å². The molecule has 2 aromatic rings. The van der Waals surface area contributed by atoms with E-state index in [1.165, 1.54) is 24.3 Å². The molecule has 0 aromatic heterocycles. The zero-order valence-corrected chi connectivity index (χ0v) is 11.9. The molecule has 0 bridgehead atoms. The number of rotatable bonds is 4. The molecule has 20 heavy (non-hydrogen) atoms. The van der Waals surface area contributed by atoms with Crippen LogP contribution in [-0.2, 0) is 6.61 Å². The zero-order chi connectivity index (χ0) is 14.7. The van der Waals surface area contributed by atoms with Gasteiger partial charge in [-0.2, -0.15) is 0 Å². The van der Waals surface area contributed by atoms with E-state index in [2.05, 4.69) is 15.9 Å². The number of anilines is 1. The van der Waals surface area contributed by atoms with Crippen molar-refractivity contribution in [3.8, 4) is 5.75 Å². The number of nitrogens with two attached hydrogens (primary N) is 1. The lowest BCUT2D eigenvalue weighted by Crippen LogP contribution is -2.03. The van der Waals surface area contributed by atoms with E-state index in [0.29, 0.717) is 15.7 Å². The Kier molecular flexibility index (Phi) is 4.24. The first-order chi connectivity index (χ1) is 9.47. The van der Waals surface area contributed by atoms with Crippen molar-refractivity contribution in [2.24, 2.45) is 0 Å². The Labute approximate surface area is 123 Å². The van der Waals surface area contributed by atoms with Crippen LogP contribution in [0.3, 0.4) is 0 Å². The minimum atomic E-state index is -1.08. The second kappa shape index (κ2) is 5.92. The SMILES string of the molecule is Nc1ccc(C(=O)O)cc1OCc1ccc(Br)cc1F. The third-order valence-electron chi connectivity index (χ3n) is 2.66. The number of carboxylic acid groups (broad SMARTS) is 1. The molecule has 0 spiro atoms. The fourth-order valence-electron chi connectivity index (χ4n) is 1.59. The molecule has 0 fully saturated rings. The van der Waals surface area contributed by atoms with Crippen LogP contribution in [0.25, 0.3) is 0 Å². The van der Waals surface area contributed by atoms with E-state index >= 15 is 0 Å². The van der Waals surface area contributed by atoms with Crippen LogP contribution in [0.1, 0.15) is 15.9 Å². The van der Waals surface area contributed by atoms with Gasteiger partial charge >= 0.3 is 5.97 Å². The molecule has 0 unspecified atom stereocenters. The number of aromatic carboxylic acids is 1.